The molecule has 1 N–H and O–H groups in total. The van der Waals surface area contributed by atoms with Gasteiger partial charge in [-0.1, -0.05) is 24.3 Å². The van der Waals surface area contributed by atoms with E-state index in [1.807, 2.05) is 37.3 Å². The summed E-state index contributed by atoms with van der Waals surface area (Å²) in [5, 5.41) is 2.87. The fourth-order valence-corrected chi connectivity index (χ4v) is 4.01. The van der Waals surface area contributed by atoms with Gasteiger partial charge in [0.05, 0.1) is 18.6 Å². The smallest absolute Gasteiger partial charge is 0.251 e. The second-order valence-corrected chi connectivity index (χ2v) is 8.06. The Kier molecular flexibility index (Phi) is 5.18. The van der Waals surface area contributed by atoms with Crippen LogP contribution < -0.4 is 14.4 Å². The van der Waals surface area contributed by atoms with Crippen molar-refractivity contribution < 1.29 is 17.9 Å². The summed E-state index contributed by atoms with van der Waals surface area (Å²) in [5.41, 5.74) is 2.86. The summed E-state index contributed by atoms with van der Waals surface area (Å²) >= 11 is 0. The average molecular weight is 374 g/mol. The molecule has 138 valence electrons. The van der Waals surface area contributed by atoms with Crippen molar-refractivity contribution in [2.45, 2.75) is 19.9 Å². The lowest BCUT2D eigenvalue weighted by Gasteiger charge is -2.17. The van der Waals surface area contributed by atoms with E-state index in [-0.39, 0.29) is 5.91 Å². The summed E-state index contributed by atoms with van der Waals surface area (Å²) in [6.07, 6.45) is 1.84. The van der Waals surface area contributed by atoms with Crippen LogP contribution in [0.2, 0.25) is 0 Å². The van der Waals surface area contributed by atoms with Gasteiger partial charge in [0.1, 0.15) is 5.75 Å². The largest absolute Gasteiger partial charge is 0.494 e. The van der Waals surface area contributed by atoms with E-state index in [0.717, 1.165) is 16.9 Å². The Bertz CT molecular complexity index is 925. The minimum atomic E-state index is -3.34. The lowest BCUT2D eigenvalue weighted by molar-refractivity contribution is 0.0950. The molecule has 0 unspecified atom stereocenters. The molecule has 0 radical (unpaired) electrons. The van der Waals surface area contributed by atoms with Gasteiger partial charge in [0.25, 0.3) is 5.91 Å². The molecular formula is C19H22N2O4S. The molecule has 1 heterocycles. The Labute approximate surface area is 153 Å². The fourth-order valence-electron chi connectivity index (χ4n) is 3.06. The van der Waals surface area contributed by atoms with Gasteiger partial charge in [0, 0.05) is 24.2 Å². The molecule has 0 aliphatic carbocycles. The van der Waals surface area contributed by atoms with Crippen LogP contribution in [0.5, 0.6) is 5.75 Å². The van der Waals surface area contributed by atoms with Crippen molar-refractivity contribution in [3.8, 4) is 5.75 Å². The number of hydrogen-bond donors (Lipinski definition) is 1. The Morgan fingerprint density at radius 3 is 2.73 bits per heavy atom. The number of carbonyl (C=O) groups excluding carboxylic acids is 1. The van der Waals surface area contributed by atoms with E-state index in [1.165, 1.54) is 10.6 Å². The van der Waals surface area contributed by atoms with Gasteiger partial charge in [-0.25, -0.2) is 8.42 Å². The number of carbonyl (C=O) groups is 1. The SMILES string of the molecule is CCOc1ccccc1CNC(=O)c1ccc2c(c1)N(S(C)(=O)=O)CC2. The van der Waals surface area contributed by atoms with Crippen molar-refractivity contribution in [3.05, 3.63) is 59.2 Å². The third kappa shape index (κ3) is 3.83. The van der Waals surface area contributed by atoms with Crippen LogP contribution in [-0.2, 0) is 23.0 Å². The van der Waals surface area contributed by atoms with Crippen LogP contribution in [0, 0.1) is 0 Å². The quantitative estimate of drug-likeness (QED) is 0.842. The zero-order chi connectivity index (χ0) is 18.7. The van der Waals surface area contributed by atoms with Crippen molar-refractivity contribution in [2.75, 3.05) is 23.7 Å². The Hall–Kier alpha value is -2.54. The van der Waals surface area contributed by atoms with E-state index < -0.39 is 10.0 Å². The highest BCUT2D eigenvalue weighted by molar-refractivity contribution is 7.92. The van der Waals surface area contributed by atoms with Gasteiger partial charge in [0.15, 0.2) is 0 Å². The average Bonchev–Trinajstić information content (AvgIpc) is 3.04. The number of ether oxygens (including phenoxy) is 1. The molecule has 1 aliphatic rings. The van der Waals surface area contributed by atoms with E-state index >= 15 is 0 Å². The number of amides is 1. The second-order valence-electron chi connectivity index (χ2n) is 6.15. The molecule has 26 heavy (non-hydrogen) atoms. The number of benzene rings is 2. The monoisotopic (exact) mass is 374 g/mol. The molecule has 3 rings (SSSR count). The van der Waals surface area contributed by atoms with E-state index in [9.17, 15) is 13.2 Å². The minimum Gasteiger partial charge on any atom is -0.494 e. The fraction of sp³-hybridized carbons (Fsp3) is 0.316. The molecule has 2 aromatic carbocycles. The van der Waals surface area contributed by atoms with Crippen LogP contribution in [0.4, 0.5) is 5.69 Å². The highest BCUT2D eigenvalue weighted by atomic mass is 32.2. The lowest BCUT2D eigenvalue weighted by Crippen LogP contribution is -2.28. The summed E-state index contributed by atoms with van der Waals surface area (Å²) in [5.74, 6) is 0.493. The van der Waals surface area contributed by atoms with Gasteiger partial charge in [-0.3, -0.25) is 9.10 Å². The van der Waals surface area contributed by atoms with Gasteiger partial charge in [-0.15, -0.1) is 0 Å². The summed E-state index contributed by atoms with van der Waals surface area (Å²) in [7, 11) is -3.34. The van der Waals surface area contributed by atoms with Crippen molar-refractivity contribution in [2.24, 2.45) is 0 Å². The van der Waals surface area contributed by atoms with Crippen molar-refractivity contribution in [1.29, 1.82) is 0 Å². The topological polar surface area (TPSA) is 75.7 Å². The molecule has 0 saturated carbocycles. The number of hydrogen-bond acceptors (Lipinski definition) is 4. The number of fused-ring (bicyclic) bond motifs is 1. The number of nitrogens with one attached hydrogen (secondary N) is 1. The molecule has 2 aromatic rings. The Morgan fingerprint density at radius 1 is 1.23 bits per heavy atom. The molecule has 0 aromatic heterocycles. The van der Waals surface area contributed by atoms with Crippen LogP contribution in [0.3, 0.4) is 0 Å². The van der Waals surface area contributed by atoms with Gasteiger partial charge in [-0.05, 0) is 37.1 Å². The summed E-state index contributed by atoms with van der Waals surface area (Å²) in [6, 6.07) is 12.7. The van der Waals surface area contributed by atoms with E-state index in [4.69, 9.17) is 4.74 Å². The molecule has 1 aliphatic heterocycles. The van der Waals surface area contributed by atoms with E-state index in [1.54, 1.807) is 12.1 Å². The normalized spacial score (nSPS) is 13.4. The first-order valence-electron chi connectivity index (χ1n) is 8.49. The van der Waals surface area contributed by atoms with Crippen LogP contribution >= 0.6 is 0 Å². The van der Waals surface area contributed by atoms with Gasteiger partial charge in [-0.2, -0.15) is 0 Å². The predicted octanol–water partition coefficient (Wildman–Crippen LogP) is 2.34. The first-order chi connectivity index (χ1) is 12.4. The lowest BCUT2D eigenvalue weighted by atomic mass is 10.1. The zero-order valence-corrected chi connectivity index (χ0v) is 15.7. The number of para-hydroxylation sites is 1. The number of anilines is 1. The third-order valence-corrected chi connectivity index (χ3v) is 5.49. The molecular weight excluding hydrogens is 352 g/mol. The van der Waals surface area contributed by atoms with E-state index in [2.05, 4.69) is 5.32 Å². The maximum absolute atomic E-state index is 12.5. The van der Waals surface area contributed by atoms with Crippen molar-refractivity contribution >= 4 is 21.6 Å². The van der Waals surface area contributed by atoms with Gasteiger partial charge in [0.2, 0.25) is 10.0 Å². The summed E-state index contributed by atoms with van der Waals surface area (Å²) < 4.78 is 30.7. The molecule has 0 saturated heterocycles. The molecule has 0 fully saturated rings. The third-order valence-electron chi connectivity index (χ3n) is 4.31. The summed E-state index contributed by atoms with van der Waals surface area (Å²) in [4.78, 5) is 12.5. The Balaban J connectivity index is 1.76. The molecule has 0 bridgehead atoms. The van der Waals surface area contributed by atoms with Gasteiger partial charge < -0.3 is 10.1 Å². The first kappa shape index (κ1) is 18.3. The summed E-state index contributed by atoms with van der Waals surface area (Å²) in [6.45, 7) is 3.22. The van der Waals surface area contributed by atoms with Crippen molar-refractivity contribution in [1.82, 2.24) is 5.32 Å². The maximum Gasteiger partial charge on any atom is 0.251 e. The second kappa shape index (κ2) is 7.37. The highest BCUT2D eigenvalue weighted by Gasteiger charge is 2.27. The molecule has 6 nitrogen and oxygen atoms in total. The zero-order valence-electron chi connectivity index (χ0n) is 14.9. The number of rotatable bonds is 6. The molecule has 7 heteroatoms. The standard InChI is InChI=1S/C19H22N2O4S/c1-3-25-18-7-5-4-6-16(18)13-20-19(22)15-9-8-14-10-11-21(17(14)12-15)26(2,23)24/h4-9,12H,3,10-11,13H2,1-2H3,(H,20,22). The molecule has 1 amide bonds. The van der Waals surface area contributed by atoms with Crippen LogP contribution in [0.25, 0.3) is 0 Å². The van der Waals surface area contributed by atoms with Crippen LogP contribution in [-0.4, -0.2) is 33.7 Å². The van der Waals surface area contributed by atoms with Gasteiger partial charge >= 0.3 is 0 Å². The number of sulfonamides is 1. The van der Waals surface area contributed by atoms with E-state index in [0.29, 0.717) is 37.4 Å². The highest BCUT2D eigenvalue weighted by Crippen LogP contribution is 2.31. The molecule has 0 spiro atoms. The predicted molar refractivity (Wildman–Crippen MR) is 101 cm³/mol. The van der Waals surface area contributed by atoms with Crippen LogP contribution in [0.15, 0.2) is 42.5 Å². The maximum atomic E-state index is 12.5. The minimum absolute atomic E-state index is 0.251. The van der Waals surface area contributed by atoms with Crippen molar-refractivity contribution in [3.63, 3.8) is 0 Å². The molecule has 0 atom stereocenters. The van der Waals surface area contributed by atoms with Crippen LogP contribution in [0.1, 0.15) is 28.4 Å². The first-order valence-corrected chi connectivity index (χ1v) is 10.3. The number of nitrogens with zero attached hydrogens (tertiary/aromatic N) is 1. The Morgan fingerprint density at radius 2 is 2.00 bits per heavy atom.